The molecule has 0 atom stereocenters. The summed E-state index contributed by atoms with van der Waals surface area (Å²) in [5.41, 5.74) is 7.85. The Kier molecular flexibility index (Phi) is 6.31. The number of rotatable bonds is 7. The van der Waals surface area contributed by atoms with Crippen LogP contribution < -0.4 is 15.8 Å². The Labute approximate surface area is 121 Å². The van der Waals surface area contributed by atoms with E-state index in [1.165, 1.54) is 7.11 Å². The fourth-order valence-corrected chi connectivity index (χ4v) is 2.01. The zero-order valence-electron chi connectivity index (χ0n) is 12.8. The number of methoxy groups -OCH3 is 1. The standard InChI is InChI=1S/C15H25N3O2/c1-5-18(6-2)8-7-17-15(19)12-9-11(3)13(16)10-14(12)20-4/h9-10H,5-8,16H2,1-4H3,(H,17,19). The lowest BCUT2D eigenvalue weighted by atomic mass is 10.1. The zero-order chi connectivity index (χ0) is 15.1. The molecule has 1 aromatic carbocycles. The topological polar surface area (TPSA) is 67.6 Å². The van der Waals surface area contributed by atoms with Crippen LogP contribution in [0.2, 0.25) is 0 Å². The lowest BCUT2D eigenvalue weighted by Gasteiger charge is -2.18. The van der Waals surface area contributed by atoms with Gasteiger partial charge in [-0.3, -0.25) is 4.79 Å². The van der Waals surface area contributed by atoms with Gasteiger partial charge < -0.3 is 20.7 Å². The third kappa shape index (κ3) is 4.13. The number of nitrogens with zero attached hydrogens (tertiary/aromatic N) is 1. The summed E-state index contributed by atoms with van der Waals surface area (Å²) in [6, 6.07) is 3.45. The highest BCUT2D eigenvalue weighted by Gasteiger charge is 2.14. The van der Waals surface area contributed by atoms with Crippen LogP contribution in [0.3, 0.4) is 0 Å². The number of hydrogen-bond donors (Lipinski definition) is 2. The molecule has 5 nitrogen and oxygen atoms in total. The van der Waals surface area contributed by atoms with Crippen LogP contribution in [-0.2, 0) is 0 Å². The third-order valence-corrected chi connectivity index (χ3v) is 3.44. The van der Waals surface area contributed by atoms with Crippen LogP contribution >= 0.6 is 0 Å². The molecule has 0 aromatic heterocycles. The highest BCUT2D eigenvalue weighted by atomic mass is 16.5. The molecule has 0 saturated heterocycles. The number of hydrogen-bond acceptors (Lipinski definition) is 4. The Bertz CT molecular complexity index is 457. The van der Waals surface area contributed by atoms with Gasteiger partial charge in [0.25, 0.3) is 5.91 Å². The Hall–Kier alpha value is -1.75. The van der Waals surface area contributed by atoms with Crippen molar-refractivity contribution in [1.82, 2.24) is 10.2 Å². The van der Waals surface area contributed by atoms with Crippen molar-refractivity contribution in [2.45, 2.75) is 20.8 Å². The number of carbonyl (C=O) groups excluding carboxylic acids is 1. The Balaban J connectivity index is 2.70. The third-order valence-electron chi connectivity index (χ3n) is 3.44. The number of carbonyl (C=O) groups is 1. The maximum absolute atomic E-state index is 12.2. The average molecular weight is 279 g/mol. The van der Waals surface area contributed by atoms with Crippen LogP contribution in [0, 0.1) is 6.92 Å². The second-order valence-electron chi connectivity index (χ2n) is 4.69. The number of nitrogens with two attached hydrogens (primary N) is 1. The van der Waals surface area contributed by atoms with Crippen molar-refractivity contribution < 1.29 is 9.53 Å². The van der Waals surface area contributed by atoms with Crippen molar-refractivity contribution in [2.24, 2.45) is 0 Å². The molecule has 0 heterocycles. The zero-order valence-corrected chi connectivity index (χ0v) is 12.8. The predicted octanol–water partition coefficient (Wildman–Crippen LogP) is 1.66. The first-order valence-corrected chi connectivity index (χ1v) is 6.98. The smallest absolute Gasteiger partial charge is 0.255 e. The van der Waals surface area contributed by atoms with Gasteiger partial charge in [-0.25, -0.2) is 0 Å². The molecule has 1 aromatic rings. The summed E-state index contributed by atoms with van der Waals surface area (Å²) in [6.07, 6.45) is 0. The van der Waals surface area contributed by atoms with E-state index in [1.54, 1.807) is 12.1 Å². The van der Waals surface area contributed by atoms with Crippen LogP contribution in [0.4, 0.5) is 5.69 Å². The fraction of sp³-hybridized carbons (Fsp3) is 0.533. The number of nitrogens with one attached hydrogen (secondary N) is 1. The number of likely N-dealkylation sites (N-methyl/N-ethyl adjacent to an activating group) is 1. The fourth-order valence-electron chi connectivity index (χ4n) is 2.01. The Morgan fingerprint density at radius 2 is 2.00 bits per heavy atom. The summed E-state index contributed by atoms with van der Waals surface area (Å²) < 4.78 is 5.22. The van der Waals surface area contributed by atoms with Crippen LogP contribution in [0.1, 0.15) is 29.8 Å². The highest BCUT2D eigenvalue weighted by molar-refractivity contribution is 5.97. The molecule has 5 heteroatoms. The van der Waals surface area contributed by atoms with Crippen molar-refractivity contribution >= 4 is 11.6 Å². The van der Waals surface area contributed by atoms with Crippen molar-refractivity contribution in [3.63, 3.8) is 0 Å². The van der Waals surface area contributed by atoms with Gasteiger partial charge in [-0.1, -0.05) is 13.8 Å². The van der Waals surface area contributed by atoms with Gasteiger partial charge >= 0.3 is 0 Å². The lowest BCUT2D eigenvalue weighted by molar-refractivity contribution is 0.0946. The lowest BCUT2D eigenvalue weighted by Crippen LogP contribution is -2.35. The van der Waals surface area contributed by atoms with Crippen molar-refractivity contribution in [2.75, 3.05) is 39.0 Å². The molecule has 0 aliphatic carbocycles. The summed E-state index contributed by atoms with van der Waals surface area (Å²) in [6.45, 7) is 9.52. The molecule has 0 aliphatic heterocycles. The van der Waals surface area contributed by atoms with Crippen LogP contribution in [0.15, 0.2) is 12.1 Å². The SMILES string of the molecule is CCN(CC)CCNC(=O)c1cc(C)c(N)cc1OC. The summed E-state index contributed by atoms with van der Waals surface area (Å²) >= 11 is 0. The first-order valence-electron chi connectivity index (χ1n) is 6.98. The Morgan fingerprint density at radius 1 is 1.35 bits per heavy atom. The van der Waals surface area contributed by atoms with E-state index in [4.69, 9.17) is 10.5 Å². The predicted molar refractivity (Wildman–Crippen MR) is 82.3 cm³/mol. The summed E-state index contributed by atoms with van der Waals surface area (Å²) in [5, 5.41) is 2.92. The molecule has 0 unspecified atom stereocenters. The van der Waals surface area contributed by atoms with Crippen molar-refractivity contribution in [3.8, 4) is 5.75 Å². The molecule has 20 heavy (non-hydrogen) atoms. The summed E-state index contributed by atoms with van der Waals surface area (Å²) in [5.74, 6) is 0.380. The molecule has 0 aliphatic rings. The van der Waals surface area contributed by atoms with Gasteiger partial charge in [-0.05, 0) is 31.6 Å². The van der Waals surface area contributed by atoms with E-state index in [1.807, 2.05) is 6.92 Å². The average Bonchev–Trinajstić information content (AvgIpc) is 2.45. The second-order valence-corrected chi connectivity index (χ2v) is 4.69. The number of ether oxygens (including phenoxy) is 1. The molecular formula is C15H25N3O2. The molecular weight excluding hydrogens is 254 g/mol. The van der Waals surface area contributed by atoms with Gasteiger partial charge in [0.2, 0.25) is 0 Å². The molecule has 3 N–H and O–H groups in total. The minimum absolute atomic E-state index is 0.128. The summed E-state index contributed by atoms with van der Waals surface area (Å²) in [4.78, 5) is 14.5. The highest BCUT2D eigenvalue weighted by Crippen LogP contribution is 2.24. The number of benzene rings is 1. The molecule has 0 bridgehead atoms. The first-order chi connectivity index (χ1) is 9.53. The minimum atomic E-state index is -0.128. The van der Waals surface area contributed by atoms with E-state index >= 15 is 0 Å². The molecule has 1 rings (SSSR count). The number of amides is 1. The van der Waals surface area contributed by atoms with E-state index in [-0.39, 0.29) is 5.91 Å². The first kappa shape index (κ1) is 16.3. The summed E-state index contributed by atoms with van der Waals surface area (Å²) in [7, 11) is 1.54. The van der Waals surface area contributed by atoms with Gasteiger partial charge in [0.1, 0.15) is 5.75 Å². The molecule has 0 radical (unpaired) electrons. The Morgan fingerprint density at radius 3 is 2.55 bits per heavy atom. The molecule has 0 saturated carbocycles. The van der Waals surface area contributed by atoms with Gasteiger partial charge in [0.15, 0.2) is 0 Å². The van der Waals surface area contributed by atoms with Gasteiger partial charge in [-0.15, -0.1) is 0 Å². The number of anilines is 1. The van der Waals surface area contributed by atoms with Crippen LogP contribution in [0.25, 0.3) is 0 Å². The second kappa shape index (κ2) is 7.75. The van der Waals surface area contributed by atoms with E-state index in [2.05, 4.69) is 24.1 Å². The molecule has 0 fully saturated rings. The normalized spacial score (nSPS) is 10.7. The van der Waals surface area contributed by atoms with E-state index < -0.39 is 0 Å². The van der Waals surface area contributed by atoms with Crippen LogP contribution in [0.5, 0.6) is 5.75 Å². The van der Waals surface area contributed by atoms with Crippen molar-refractivity contribution in [1.29, 1.82) is 0 Å². The molecule has 1 amide bonds. The number of nitrogen functional groups attached to an aromatic ring is 1. The van der Waals surface area contributed by atoms with Gasteiger partial charge in [0.05, 0.1) is 12.7 Å². The van der Waals surface area contributed by atoms with E-state index in [0.29, 0.717) is 23.5 Å². The molecule has 0 spiro atoms. The quantitative estimate of drug-likeness (QED) is 0.745. The number of aryl methyl sites for hydroxylation is 1. The van der Waals surface area contributed by atoms with E-state index in [9.17, 15) is 4.79 Å². The maximum Gasteiger partial charge on any atom is 0.255 e. The van der Waals surface area contributed by atoms with Crippen LogP contribution in [-0.4, -0.2) is 44.1 Å². The van der Waals surface area contributed by atoms with E-state index in [0.717, 1.165) is 25.2 Å². The maximum atomic E-state index is 12.2. The van der Waals surface area contributed by atoms with Crippen molar-refractivity contribution in [3.05, 3.63) is 23.3 Å². The largest absolute Gasteiger partial charge is 0.496 e. The van der Waals surface area contributed by atoms with Gasteiger partial charge in [-0.2, -0.15) is 0 Å². The van der Waals surface area contributed by atoms with Gasteiger partial charge in [0, 0.05) is 24.8 Å². The minimum Gasteiger partial charge on any atom is -0.496 e. The monoisotopic (exact) mass is 279 g/mol. The molecule has 112 valence electrons.